The Hall–Kier alpha value is -1.06. The number of nitrogens with zero attached hydrogens (tertiary/aromatic N) is 1. The maximum Gasteiger partial charge on any atom is 0.121 e. The van der Waals surface area contributed by atoms with E-state index in [1.54, 1.807) is 7.11 Å². The van der Waals surface area contributed by atoms with Gasteiger partial charge in [0.1, 0.15) is 5.75 Å². The first-order chi connectivity index (χ1) is 9.52. The highest BCUT2D eigenvalue weighted by Crippen LogP contribution is 2.27. The number of ether oxygens (including phenoxy) is 1. The van der Waals surface area contributed by atoms with Gasteiger partial charge in [0.25, 0.3) is 0 Å². The fourth-order valence-corrected chi connectivity index (χ4v) is 3.25. The Labute approximate surface area is 122 Å². The Morgan fingerprint density at radius 3 is 2.50 bits per heavy atom. The van der Waals surface area contributed by atoms with Gasteiger partial charge < -0.3 is 9.84 Å². The lowest BCUT2D eigenvalue weighted by atomic mass is 9.96. The largest absolute Gasteiger partial charge is 0.496 e. The molecule has 1 aliphatic heterocycles. The third kappa shape index (κ3) is 3.33. The number of β-amino-alcohol motifs (C(OH)–C–C–N with tert-alkyl or cyclic N) is 1. The van der Waals surface area contributed by atoms with Gasteiger partial charge in [0, 0.05) is 18.6 Å². The monoisotopic (exact) mass is 277 g/mol. The highest BCUT2D eigenvalue weighted by atomic mass is 16.5. The van der Waals surface area contributed by atoms with Crippen LogP contribution in [0.25, 0.3) is 0 Å². The minimum absolute atomic E-state index is 0.428. The third-order valence-electron chi connectivity index (χ3n) is 4.56. The number of methoxy groups -OCH3 is 1. The average Bonchev–Trinajstić information content (AvgIpc) is 2.42. The summed E-state index contributed by atoms with van der Waals surface area (Å²) in [5.74, 6) is 0.876. The number of aliphatic hydroxyl groups excluding tert-OH is 1. The van der Waals surface area contributed by atoms with Crippen molar-refractivity contribution in [3.8, 4) is 5.75 Å². The minimum atomic E-state index is -0.428. The normalized spacial score (nSPS) is 25.4. The Morgan fingerprint density at radius 1 is 1.30 bits per heavy atom. The predicted molar refractivity (Wildman–Crippen MR) is 82.2 cm³/mol. The molecule has 0 aliphatic carbocycles. The summed E-state index contributed by atoms with van der Waals surface area (Å²) in [6, 6.07) is 7.07. The first kappa shape index (κ1) is 15.3. The van der Waals surface area contributed by atoms with Crippen LogP contribution in [0.15, 0.2) is 18.2 Å². The van der Waals surface area contributed by atoms with Crippen LogP contribution in [0.3, 0.4) is 0 Å². The topological polar surface area (TPSA) is 32.7 Å². The van der Waals surface area contributed by atoms with Crippen molar-refractivity contribution in [2.45, 2.75) is 58.2 Å². The molecule has 20 heavy (non-hydrogen) atoms. The van der Waals surface area contributed by atoms with Gasteiger partial charge >= 0.3 is 0 Å². The lowest BCUT2D eigenvalue weighted by molar-refractivity contribution is 0.0411. The quantitative estimate of drug-likeness (QED) is 0.916. The van der Waals surface area contributed by atoms with Gasteiger partial charge in [-0.25, -0.2) is 0 Å². The van der Waals surface area contributed by atoms with Crippen LogP contribution >= 0.6 is 0 Å². The molecule has 0 saturated carbocycles. The second-order valence-electron chi connectivity index (χ2n) is 6.07. The molecule has 0 amide bonds. The van der Waals surface area contributed by atoms with Crippen molar-refractivity contribution in [1.29, 1.82) is 0 Å². The lowest BCUT2D eigenvalue weighted by Gasteiger charge is -2.40. The Kier molecular flexibility index (Phi) is 5.06. The van der Waals surface area contributed by atoms with Crippen molar-refractivity contribution in [2.24, 2.45) is 0 Å². The van der Waals surface area contributed by atoms with E-state index in [9.17, 15) is 5.11 Å². The van der Waals surface area contributed by atoms with Crippen LogP contribution in [0.2, 0.25) is 0 Å². The average molecular weight is 277 g/mol. The number of hydrogen-bond acceptors (Lipinski definition) is 3. The van der Waals surface area contributed by atoms with E-state index >= 15 is 0 Å². The maximum atomic E-state index is 10.5. The first-order valence-corrected chi connectivity index (χ1v) is 7.61. The number of rotatable bonds is 4. The van der Waals surface area contributed by atoms with Gasteiger partial charge in [0.2, 0.25) is 0 Å². The zero-order valence-electron chi connectivity index (χ0n) is 13.1. The molecule has 1 N–H and O–H groups in total. The van der Waals surface area contributed by atoms with Crippen molar-refractivity contribution in [1.82, 2.24) is 4.90 Å². The fourth-order valence-electron chi connectivity index (χ4n) is 3.25. The molecule has 1 aliphatic rings. The molecule has 1 fully saturated rings. The van der Waals surface area contributed by atoms with Gasteiger partial charge in [-0.05, 0) is 56.9 Å². The van der Waals surface area contributed by atoms with Gasteiger partial charge in [-0.3, -0.25) is 4.90 Å². The summed E-state index contributed by atoms with van der Waals surface area (Å²) in [4.78, 5) is 2.44. The van der Waals surface area contributed by atoms with E-state index in [0.717, 1.165) is 16.9 Å². The van der Waals surface area contributed by atoms with Crippen molar-refractivity contribution in [2.75, 3.05) is 13.7 Å². The van der Waals surface area contributed by atoms with Crippen molar-refractivity contribution < 1.29 is 9.84 Å². The molecule has 3 unspecified atom stereocenters. The third-order valence-corrected chi connectivity index (χ3v) is 4.56. The van der Waals surface area contributed by atoms with Gasteiger partial charge in [-0.2, -0.15) is 0 Å². The van der Waals surface area contributed by atoms with Crippen molar-refractivity contribution >= 4 is 0 Å². The van der Waals surface area contributed by atoms with E-state index < -0.39 is 6.10 Å². The first-order valence-electron chi connectivity index (χ1n) is 7.61. The standard InChI is InChI=1S/C17H27NO2/c1-12-10-15(8-9-17(12)20-4)16(19)11-18-13(2)6-5-7-14(18)3/h8-10,13-14,16,19H,5-7,11H2,1-4H3. The van der Waals surface area contributed by atoms with E-state index in [4.69, 9.17) is 4.74 Å². The number of likely N-dealkylation sites (tertiary alicyclic amines) is 1. The van der Waals surface area contributed by atoms with Gasteiger partial charge in [-0.1, -0.05) is 12.5 Å². The lowest BCUT2D eigenvalue weighted by Crippen LogP contribution is -2.45. The maximum absolute atomic E-state index is 10.5. The highest BCUT2D eigenvalue weighted by molar-refractivity contribution is 5.37. The summed E-state index contributed by atoms with van der Waals surface area (Å²) in [6.07, 6.45) is 3.34. The molecule has 3 heteroatoms. The minimum Gasteiger partial charge on any atom is -0.496 e. The molecule has 2 rings (SSSR count). The molecule has 1 saturated heterocycles. The molecule has 0 bridgehead atoms. The predicted octanol–water partition coefficient (Wildman–Crippen LogP) is 3.30. The Balaban J connectivity index is 2.07. The zero-order valence-corrected chi connectivity index (χ0v) is 13.1. The van der Waals surface area contributed by atoms with Crippen LogP contribution in [0.4, 0.5) is 0 Å². The molecule has 112 valence electrons. The van der Waals surface area contributed by atoms with Crippen LogP contribution in [-0.4, -0.2) is 35.7 Å². The zero-order chi connectivity index (χ0) is 14.7. The summed E-state index contributed by atoms with van der Waals surface area (Å²) >= 11 is 0. The van der Waals surface area contributed by atoms with Crippen molar-refractivity contribution in [3.05, 3.63) is 29.3 Å². The summed E-state index contributed by atoms with van der Waals surface area (Å²) in [7, 11) is 1.68. The Bertz CT molecular complexity index is 437. The number of aryl methyl sites for hydroxylation is 1. The molecule has 1 heterocycles. The molecule has 0 radical (unpaired) electrons. The molecule has 3 atom stereocenters. The smallest absolute Gasteiger partial charge is 0.121 e. The van der Waals surface area contributed by atoms with E-state index in [2.05, 4.69) is 18.7 Å². The van der Waals surface area contributed by atoms with Gasteiger partial charge in [0.05, 0.1) is 13.2 Å². The summed E-state index contributed by atoms with van der Waals surface area (Å²) in [6.45, 7) is 7.26. The number of benzene rings is 1. The SMILES string of the molecule is COc1ccc(C(O)CN2C(C)CCCC2C)cc1C. The van der Waals surface area contributed by atoms with Crippen LogP contribution in [-0.2, 0) is 0 Å². The number of aliphatic hydroxyl groups is 1. The second kappa shape index (κ2) is 6.59. The molecular formula is C17H27NO2. The van der Waals surface area contributed by atoms with Crippen LogP contribution in [0.5, 0.6) is 5.75 Å². The number of piperidine rings is 1. The van der Waals surface area contributed by atoms with Gasteiger partial charge in [-0.15, -0.1) is 0 Å². The van der Waals surface area contributed by atoms with Gasteiger partial charge in [0.15, 0.2) is 0 Å². The summed E-state index contributed by atoms with van der Waals surface area (Å²) < 4.78 is 5.27. The molecule has 3 nitrogen and oxygen atoms in total. The molecule has 0 spiro atoms. The van der Waals surface area contributed by atoms with Crippen molar-refractivity contribution in [3.63, 3.8) is 0 Å². The van der Waals surface area contributed by atoms with E-state index in [1.807, 2.05) is 25.1 Å². The molecule has 0 aromatic heterocycles. The summed E-state index contributed by atoms with van der Waals surface area (Å²) in [5.41, 5.74) is 2.05. The molecule has 1 aromatic rings. The van der Waals surface area contributed by atoms with E-state index in [0.29, 0.717) is 18.6 Å². The fraction of sp³-hybridized carbons (Fsp3) is 0.647. The summed E-state index contributed by atoms with van der Waals surface area (Å²) in [5, 5.41) is 10.5. The van der Waals surface area contributed by atoms with E-state index in [1.165, 1.54) is 19.3 Å². The van der Waals surface area contributed by atoms with Crippen LogP contribution < -0.4 is 4.74 Å². The highest BCUT2D eigenvalue weighted by Gasteiger charge is 2.26. The molecular weight excluding hydrogens is 250 g/mol. The van der Waals surface area contributed by atoms with Crippen LogP contribution in [0, 0.1) is 6.92 Å². The Morgan fingerprint density at radius 2 is 1.95 bits per heavy atom. The molecule has 1 aromatic carbocycles. The second-order valence-corrected chi connectivity index (χ2v) is 6.07. The van der Waals surface area contributed by atoms with Crippen LogP contribution in [0.1, 0.15) is 50.3 Å². The van der Waals surface area contributed by atoms with E-state index in [-0.39, 0.29) is 0 Å². The number of hydrogen-bond donors (Lipinski definition) is 1.